The third kappa shape index (κ3) is 5.51. The summed E-state index contributed by atoms with van der Waals surface area (Å²) in [5, 5.41) is 10.2. The number of halogens is 2. The van der Waals surface area contributed by atoms with Crippen molar-refractivity contribution in [3.63, 3.8) is 0 Å². The molecule has 0 bridgehead atoms. The van der Waals surface area contributed by atoms with Crippen LogP contribution in [0, 0.1) is 0 Å². The van der Waals surface area contributed by atoms with Crippen molar-refractivity contribution >= 4 is 28.7 Å². The van der Waals surface area contributed by atoms with Crippen LogP contribution in [0.1, 0.15) is 19.8 Å². The lowest BCUT2D eigenvalue weighted by Gasteiger charge is -2.32. The lowest BCUT2D eigenvalue weighted by atomic mass is 9.91. The number of hydrazone groups is 1. The van der Waals surface area contributed by atoms with Gasteiger partial charge in [-0.2, -0.15) is 10.2 Å². The van der Waals surface area contributed by atoms with Crippen LogP contribution in [-0.2, 0) is 4.74 Å². The molecule has 33 heavy (non-hydrogen) atoms. The van der Waals surface area contributed by atoms with Gasteiger partial charge in [0.1, 0.15) is 16.9 Å². The topological polar surface area (TPSA) is 112 Å². The van der Waals surface area contributed by atoms with Gasteiger partial charge in [0.05, 0.1) is 43.4 Å². The number of aromatic amines is 1. The minimum atomic E-state index is -0.971. The molecule has 2 atom stereocenters. The Morgan fingerprint density at radius 2 is 2.15 bits per heavy atom. The second-order valence-corrected chi connectivity index (χ2v) is 8.77. The molecule has 0 saturated carbocycles. The molecule has 1 unspecified atom stereocenters. The second-order valence-electron chi connectivity index (χ2n) is 8.39. The van der Waals surface area contributed by atoms with Crippen LogP contribution in [0.15, 0.2) is 44.4 Å². The molecule has 11 heteroatoms. The third-order valence-corrected chi connectivity index (χ3v) is 6.54. The molecule has 3 heterocycles. The number of morpholine rings is 1. The maximum absolute atomic E-state index is 14.2. The molecule has 2 fully saturated rings. The van der Waals surface area contributed by atoms with E-state index in [9.17, 15) is 9.18 Å². The molecule has 3 N–H and O–H groups in total. The van der Waals surface area contributed by atoms with Gasteiger partial charge in [-0.1, -0.05) is 17.7 Å². The summed E-state index contributed by atoms with van der Waals surface area (Å²) in [5.74, 6) is 5.70. The average molecular weight is 478 g/mol. The zero-order valence-corrected chi connectivity index (χ0v) is 19.4. The van der Waals surface area contributed by atoms with Crippen LogP contribution in [0.2, 0.25) is 5.02 Å². The maximum atomic E-state index is 14.2. The number of allylic oxidation sites excluding steroid dienone is 2. The molecule has 0 radical (unpaired) electrons. The number of H-pyrrole nitrogens is 1. The van der Waals surface area contributed by atoms with Gasteiger partial charge in [0, 0.05) is 39.0 Å². The monoisotopic (exact) mass is 477 g/mol. The minimum absolute atomic E-state index is 0.0844. The Bertz CT molecular complexity index is 1050. The van der Waals surface area contributed by atoms with Crippen LogP contribution >= 0.6 is 11.6 Å². The van der Waals surface area contributed by atoms with E-state index in [4.69, 9.17) is 27.2 Å². The summed E-state index contributed by atoms with van der Waals surface area (Å²) < 4.78 is 19.6. The third-order valence-electron chi connectivity index (χ3n) is 6.18. The van der Waals surface area contributed by atoms with E-state index < -0.39 is 11.7 Å². The fourth-order valence-electron chi connectivity index (χ4n) is 4.43. The lowest BCUT2D eigenvalue weighted by molar-refractivity contribution is 0.0423. The number of nitrogens with one attached hydrogen (secondary N) is 1. The van der Waals surface area contributed by atoms with E-state index in [1.165, 1.54) is 6.20 Å². The molecule has 1 aromatic rings. The summed E-state index contributed by atoms with van der Waals surface area (Å²) in [6, 6.07) is -0.159. The lowest BCUT2D eigenvalue weighted by Crippen LogP contribution is -2.43. The highest BCUT2D eigenvalue weighted by molar-refractivity contribution is 6.44. The van der Waals surface area contributed by atoms with Crippen molar-refractivity contribution in [3.8, 4) is 0 Å². The van der Waals surface area contributed by atoms with Crippen LogP contribution < -0.4 is 16.3 Å². The molecule has 0 amide bonds. The van der Waals surface area contributed by atoms with E-state index in [0.29, 0.717) is 57.1 Å². The SMILES string of the molecule is C[C@@H](N=C1CCN(c2cn[nH]c(=O)c2Cl)CC1=NN)C1=CCC(F)C=C1CN1CCOCC1. The number of ether oxygens (including phenoxy) is 1. The van der Waals surface area contributed by atoms with Crippen molar-refractivity contribution in [2.45, 2.75) is 32.0 Å². The van der Waals surface area contributed by atoms with Gasteiger partial charge in [-0.05, 0) is 24.1 Å². The molecule has 2 aliphatic heterocycles. The first-order chi connectivity index (χ1) is 16.0. The van der Waals surface area contributed by atoms with Gasteiger partial charge >= 0.3 is 0 Å². The van der Waals surface area contributed by atoms with Crippen LogP contribution in [0.3, 0.4) is 0 Å². The van der Waals surface area contributed by atoms with Gasteiger partial charge in [-0.3, -0.25) is 14.7 Å². The molecular formula is C22H29ClFN7O2. The quantitative estimate of drug-likeness (QED) is 0.493. The van der Waals surface area contributed by atoms with Crippen LogP contribution in [0.4, 0.5) is 10.1 Å². The number of anilines is 1. The molecule has 178 valence electrons. The van der Waals surface area contributed by atoms with Crippen molar-refractivity contribution in [3.05, 3.63) is 44.9 Å². The van der Waals surface area contributed by atoms with Crippen LogP contribution in [0.25, 0.3) is 0 Å². The first-order valence-electron chi connectivity index (χ1n) is 11.1. The van der Waals surface area contributed by atoms with Gasteiger partial charge in [0.2, 0.25) is 0 Å². The van der Waals surface area contributed by atoms with E-state index in [2.05, 4.69) is 20.2 Å². The first kappa shape index (κ1) is 23.6. The van der Waals surface area contributed by atoms with Crippen LogP contribution in [0.5, 0.6) is 0 Å². The largest absolute Gasteiger partial charge is 0.379 e. The minimum Gasteiger partial charge on any atom is -0.379 e. The molecular weight excluding hydrogens is 449 g/mol. The zero-order valence-electron chi connectivity index (χ0n) is 18.6. The van der Waals surface area contributed by atoms with Crippen molar-refractivity contribution < 1.29 is 9.13 Å². The van der Waals surface area contributed by atoms with E-state index >= 15 is 0 Å². The fourth-order valence-corrected chi connectivity index (χ4v) is 4.64. The first-order valence-corrected chi connectivity index (χ1v) is 11.5. The van der Waals surface area contributed by atoms with Crippen molar-refractivity contribution in [2.75, 3.05) is 50.8 Å². The molecule has 0 spiro atoms. The van der Waals surface area contributed by atoms with E-state index in [0.717, 1.165) is 29.9 Å². The van der Waals surface area contributed by atoms with Crippen molar-refractivity contribution in [1.29, 1.82) is 0 Å². The summed E-state index contributed by atoms with van der Waals surface area (Å²) in [5.41, 5.74) is 3.56. The predicted octanol–water partition coefficient (Wildman–Crippen LogP) is 1.70. The Hall–Kier alpha value is -2.56. The standard InChI is InChI=1S/C22H29ClFN7O2/c1-14(17-3-2-16(24)10-15(17)12-30-6-8-33-9-7-30)27-18-4-5-31(13-19(18)28-25)20-11-26-29-22(32)21(20)23/h3,10-11,14,16H,2,4-9,12-13,25H2,1H3,(H,29,32)/t14-,16?/m1/s1. The summed E-state index contributed by atoms with van der Waals surface area (Å²) in [4.78, 5) is 20.9. The number of aliphatic imine (C=N–C) groups is 1. The van der Waals surface area contributed by atoms with Gasteiger partial charge in [-0.25, -0.2) is 9.49 Å². The average Bonchev–Trinajstić information content (AvgIpc) is 2.82. The van der Waals surface area contributed by atoms with E-state index in [1.807, 2.05) is 17.9 Å². The zero-order chi connectivity index (χ0) is 23.4. The number of piperidine rings is 1. The van der Waals surface area contributed by atoms with Crippen molar-refractivity contribution in [1.82, 2.24) is 15.1 Å². The summed E-state index contributed by atoms with van der Waals surface area (Å²) in [6.45, 7) is 6.74. The molecule has 1 aliphatic carbocycles. The number of nitrogens with two attached hydrogens (primary N) is 1. The smallest absolute Gasteiger partial charge is 0.285 e. The van der Waals surface area contributed by atoms with Gasteiger partial charge in [-0.15, -0.1) is 0 Å². The second kappa shape index (κ2) is 10.6. The maximum Gasteiger partial charge on any atom is 0.285 e. The number of rotatable bonds is 5. The number of aromatic nitrogens is 2. The predicted molar refractivity (Wildman–Crippen MR) is 128 cm³/mol. The molecule has 3 aliphatic rings. The molecule has 0 aromatic carbocycles. The Morgan fingerprint density at radius 1 is 1.36 bits per heavy atom. The summed E-state index contributed by atoms with van der Waals surface area (Å²) >= 11 is 6.16. The Kier molecular flexibility index (Phi) is 7.56. The van der Waals surface area contributed by atoms with Crippen LogP contribution in [-0.4, -0.2) is 84.7 Å². The number of hydrogen-bond donors (Lipinski definition) is 2. The molecule has 2 saturated heterocycles. The normalized spacial score (nSPS) is 25.8. The fraction of sp³-hybridized carbons (Fsp3) is 0.545. The van der Waals surface area contributed by atoms with E-state index in [-0.39, 0.29) is 11.1 Å². The number of alkyl halides is 1. The Labute approximate surface area is 196 Å². The highest BCUT2D eigenvalue weighted by atomic mass is 35.5. The van der Waals surface area contributed by atoms with Crippen molar-refractivity contribution in [2.24, 2.45) is 15.9 Å². The Balaban J connectivity index is 1.50. The summed E-state index contributed by atoms with van der Waals surface area (Å²) in [7, 11) is 0. The van der Waals surface area contributed by atoms with Gasteiger partial charge in [0.25, 0.3) is 5.56 Å². The molecule has 9 nitrogen and oxygen atoms in total. The number of hydrogen-bond acceptors (Lipinski definition) is 8. The molecule has 4 rings (SSSR count). The van der Waals surface area contributed by atoms with E-state index in [1.54, 1.807) is 6.08 Å². The van der Waals surface area contributed by atoms with Gasteiger partial charge in [0.15, 0.2) is 0 Å². The highest BCUT2D eigenvalue weighted by Gasteiger charge is 2.27. The highest BCUT2D eigenvalue weighted by Crippen LogP contribution is 2.28. The van der Waals surface area contributed by atoms with Gasteiger partial charge < -0.3 is 15.5 Å². The Morgan fingerprint density at radius 3 is 2.91 bits per heavy atom. The summed E-state index contributed by atoms with van der Waals surface area (Å²) in [6.07, 6.45) is 5.18. The molecule has 1 aromatic heterocycles. The number of nitrogens with zero attached hydrogens (tertiary/aromatic N) is 5.